The second kappa shape index (κ2) is 7.91. The van der Waals surface area contributed by atoms with Crippen molar-refractivity contribution in [3.8, 4) is 5.75 Å². The molecule has 8 heteroatoms. The fraction of sp³-hybridized carbons (Fsp3) is 0.176. The van der Waals surface area contributed by atoms with Crippen molar-refractivity contribution < 1.29 is 24.0 Å². The minimum atomic E-state index is -0.586. The van der Waals surface area contributed by atoms with E-state index in [9.17, 15) is 19.7 Å². The number of hydrogen-bond donors (Lipinski definition) is 1. The fourth-order valence-corrected chi connectivity index (χ4v) is 2.16. The van der Waals surface area contributed by atoms with E-state index in [-0.39, 0.29) is 11.4 Å². The highest BCUT2D eigenvalue weighted by Crippen LogP contribution is 2.26. The zero-order valence-electron chi connectivity index (χ0n) is 13.6. The highest BCUT2D eigenvalue weighted by Gasteiger charge is 2.16. The van der Waals surface area contributed by atoms with Crippen LogP contribution in [0, 0.1) is 17.0 Å². The summed E-state index contributed by atoms with van der Waals surface area (Å²) in [5.74, 6) is -1.02. The Kier molecular flexibility index (Phi) is 5.67. The molecule has 130 valence electrons. The monoisotopic (exact) mass is 344 g/mol. The van der Waals surface area contributed by atoms with Crippen molar-refractivity contribution in [2.75, 3.05) is 19.0 Å². The molecule has 0 saturated heterocycles. The van der Waals surface area contributed by atoms with Crippen LogP contribution in [0.25, 0.3) is 0 Å². The molecule has 8 nitrogen and oxygen atoms in total. The van der Waals surface area contributed by atoms with Crippen molar-refractivity contribution in [1.82, 2.24) is 0 Å². The highest BCUT2D eigenvalue weighted by molar-refractivity contribution is 5.97. The number of nitrogens with one attached hydrogen (secondary N) is 1. The van der Waals surface area contributed by atoms with Gasteiger partial charge in [-0.05, 0) is 30.7 Å². The molecular formula is C17H16N2O6. The van der Waals surface area contributed by atoms with Crippen LogP contribution >= 0.6 is 0 Å². The molecule has 1 N–H and O–H groups in total. The number of carbonyl (C=O) groups is 2. The SMILES string of the molecule is COC(=O)c1cccc(NC(=O)COc2ccccc2[N+](=O)[O-])c1C. The van der Waals surface area contributed by atoms with E-state index in [4.69, 9.17) is 4.74 Å². The van der Waals surface area contributed by atoms with E-state index in [1.165, 1.54) is 25.3 Å². The van der Waals surface area contributed by atoms with E-state index in [1.54, 1.807) is 31.2 Å². The lowest BCUT2D eigenvalue weighted by molar-refractivity contribution is -0.385. The van der Waals surface area contributed by atoms with Crippen LogP contribution in [0.5, 0.6) is 5.75 Å². The lowest BCUT2D eigenvalue weighted by Gasteiger charge is -2.12. The molecule has 0 spiro atoms. The number of carbonyl (C=O) groups excluding carboxylic acids is 2. The van der Waals surface area contributed by atoms with Crippen LogP contribution in [0.4, 0.5) is 11.4 Å². The molecule has 0 heterocycles. The van der Waals surface area contributed by atoms with Crippen LogP contribution in [-0.2, 0) is 9.53 Å². The van der Waals surface area contributed by atoms with Gasteiger partial charge in [-0.2, -0.15) is 0 Å². The maximum Gasteiger partial charge on any atom is 0.338 e. The molecule has 0 aliphatic heterocycles. The molecule has 0 saturated carbocycles. The minimum absolute atomic E-state index is 0.00248. The molecule has 0 bridgehead atoms. The average Bonchev–Trinajstić information content (AvgIpc) is 2.61. The van der Waals surface area contributed by atoms with E-state index in [0.717, 1.165) is 0 Å². The summed E-state index contributed by atoms with van der Waals surface area (Å²) in [6.45, 7) is 1.26. The Hall–Kier alpha value is -3.42. The van der Waals surface area contributed by atoms with Crippen molar-refractivity contribution in [1.29, 1.82) is 0 Å². The maximum atomic E-state index is 12.0. The van der Waals surface area contributed by atoms with E-state index < -0.39 is 23.4 Å². The summed E-state index contributed by atoms with van der Waals surface area (Å²) in [4.78, 5) is 34.0. The summed E-state index contributed by atoms with van der Waals surface area (Å²) in [6.07, 6.45) is 0. The number of anilines is 1. The Bertz CT molecular complexity index is 819. The third kappa shape index (κ3) is 4.31. The second-order valence-corrected chi connectivity index (χ2v) is 5.03. The predicted molar refractivity (Wildman–Crippen MR) is 89.7 cm³/mol. The lowest BCUT2D eigenvalue weighted by atomic mass is 10.1. The Morgan fingerprint density at radius 3 is 2.56 bits per heavy atom. The molecule has 2 rings (SSSR count). The van der Waals surface area contributed by atoms with Gasteiger partial charge in [-0.1, -0.05) is 18.2 Å². The molecule has 0 fully saturated rings. The van der Waals surface area contributed by atoms with Gasteiger partial charge in [0.15, 0.2) is 12.4 Å². The first-order chi connectivity index (χ1) is 11.9. The summed E-state index contributed by atoms with van der Waals surface area (Å²) in [6, 6.07) is 10.6. The Morgan fingerprint density at radius 2 is 1.88 bits per heavy atom. The van der Waals surface area contributed by atoms with Crippen LogP contribution in [0.1, 0.15) is 15.9 Å². The fourth-order valence-electron chi connectivity index (χ4n) is 2.16. The number of para-hydroxylation sites is 2. The number of esters is 1. The van der Waals surface area contributed by atoms with Crippen molar-refractivity contribution in [2.45, 2.75) is 6.92 Å². The number of amides is 1. The summed E-state index contributed by atoms with van der Waals surface area (Å²) in [7, 11) is 1.27. The van der Waals surface area contributed by atoms with Gasteiger partial charge >= 0.3 is 11.7 Å². The summed E-state index contributed by atoms with van der Waals surface area (Å²) in [5, 5.41) is 13.5. The van der Waals surface area contributed by atoms with Gasteiger partial charge in [-0.3, -0.25) is 14.9 Å². The Balaban J connectivity index is 2.07. The number of benzene rings is 2. The molecule has 1 amide bonds. The van der Waals surface area contributed by atoms with Crippen molar-refractivity contribution >= 4 is 23.3 Å². The van der Waals surface area contributed by atoms with Crippen LogP contribution < -0.4 is 10.1 Å². The highest BCUT2D eigenvalue weighted by atomic mass is 16.6. The normalized spacial score (nSPS) is 10.0. The zero-order valence-corrected chi connectivity index (χ0v) is 13.6. The van der Waals surface area contributed by atoms with Crippen LogP contribution in [-0.4, -0.2) is 30.5 Å². The molecule has 0 aliphatic carbocycles. The van der Waals surface area contributed by atoms with Gasteiger partial charge in [-0.15, -0.1) is 0 Å². The largest absolute Gasteiger partial charge is 0.477 e. The first-order valence-electron chi connectivity index (χ1n) is 7.28. The molecule has 0 radical (unpaired) electrons. The van der Waals surface area contributed by atoms with Crippen LogP contribution in [0.2, 0.25) is 0 Å². The van der Waals surface area contributed by atoms with Gasteiger partial charge in [-0.25, -0.2) is 4.79 Å². The van der Waals surface area contributed by atoms with Crippen LogP contribution in [0.3, 0.4) is 0 Å². The molecule has 0 atom stereocenters. The molecular weight excluding hydrogens is 328 g/mol. The van der Waals surface area contributed by atoms with E-state index in [0.29, 0.717) is 16.8 Å². The summed E-state index contributed by atoms with van der Waals surface area (Å²) in [5.41, 5.74) is 1.09. The van der Waals surface area contributed by atoms with Gasteiger partial charge in [0.25, 0.3) is 5.91 Å². The third-order valence-electron chi connectivity index (χ3n) is 3.43. The van der Waals surface area contributed by atoms with Crippen molar-refractivity contribution in [3.63, 3.8) is 0 Å². The maximum absolute atomic E-state index is 12.0. The number of nitro benzene ring substituents is 1. The minimum Gasteiger partial charge on any atom is -0.477 e. The van der Waals surface area contributed by atoms with Gasteiger partial charge in [0, 0.05) is 11.8 Å². The molecule has 25 heavy (non-hydrogen) atoms. The number of methoxy groups -OCH3 is 1. The smallest absolute Gasteiger partial charge is 0.338 e. The number of rotatable bonds is 6. The topological polar surface area (TPSA) is 108 Å². The van der Waals surface area contributed by atoms with E-state index in [1.807, 2.05) is 0 Å². The Labute approximate surface area is 143 Å². The second-order valence-electron chi connectivity index (χ2n) is 5.03. The third-order valence-corrected chi connectivity index (χ3v) is 3.43. The van der Waals surface area contributed by atoms with Gasteiger partial charge in [0.2, 0.25) is 0 Å². The molecule has 2 aromatic carbocycles. The van der Waals surface area contributed by atoms with Gasteiger partial charge in [0.05, 0.1) is 17.6 Å². The van der Waals surface area contributed by atoms with Crippen molar-refractivity contribution in [2.24, 2.45) is 0 Å². The average molecular weight is 344 g/mol. The first-order valence-corrected chi connectivity index (χ1v) is 7.28. The molecule has 0 aliphatic rings. The van der Waals surface area contributed by atoms with Crippen molar-refractivity contribution in [3.05, 3.63) is 63.7 Å². The zero-order chi connectivity index (χ0) is 18.4. The van der Waals surface area contributed by atoms with Crippen LogP contribution in [0.15, 0.2) is 42.5 Å². The quantitative estimate of drug-likeness (QED) is 0.490. The molecule has 0 unspecified atom stereocenters. The summed E-state index contributed by atoms with van der Waals surface area (Å²) >= 11 is 0. The molecule has 0 aromatic heterocycles. The Morgan fingerprint density at radius 1 is 1.16 bits per heavy atom. The van der Waals surface area contributed by atoms with Gasteiger partial charge < -0.3 is 14.8 Å². The standard InChI is InChI=1S/C17H16N2O6/c1-11-12(17(21)24-2)6-5-7-13(11)18-16(20)10-25-15-9-4-3-8-14(15)19(22)23/h3-9H,10H2,1-2H3,(H,18,20). The number of nitrogens with zero attached hydrogens (tertiary/aromatic N) is 1. The molecule has 2 aromatic rings. The lowest BCUT2D eigenvalue weighted by Crippen LogP contribution is -2.21. The predicted octanol–water partition coefficient (Wildman–Crippen LogP) is 2.71. The number of hydrogen-bond acceptors (Lipinski definition) is 6. The number of nitro groups is 1. The first kappa shape index (κ1) is 17.9. The van der Waals surface area contributed by atoms with E-state index in [2.05, 4.69) is 10.1 Å². The van der Waals surface area contributed by atoms with E-state index >= 15 is 0 Å². The number of ether oxygens (including phenoxy) is 2. The van der Waals surface area contributed by atoms with Gasteiger partial charge in [0.1, 0.15) is 0 Å². The summed E-state index contributed by atoms with van der Waals surface area (Å²) < 4.78 is 9.90.